The van der Waals surface area contributed by atoms with Crippen LogP contribution in [0.3, 0.4) is 0 Å². The Hall–Kier alpha value is -3.35. The first kappa shape index (κ1) is 24.3. The first-order valence-corrected chi connectivity index (χ1v) is 12.6. The zero-order valence-corrected chi connectivity index (χ0v) is 20.8. The molecule has 0 aromatic heterocycles. The third-order valence-electron chi connectivity index (χ3n) is 7.35. The van der Waals surface area contributed by atoms with Gasteiger partial charge in [0.1, 0.15) is 11.6 Å². The fourth-order valence-corrected chi connectivity index (χ4v) is 5.43. The number of Topliss-reactive ketones (excluding diaryl/α,β-unsaturated/α-hetero) is 2. The van der Waals surface area contributed by atoms with Crippen LogP contribution in [-0.4, -0.2) is 54.2 Å². The lowest BCUT2D eigenvalue weighted by Gasteiger charge is -2.44. The number of ketones is 2. The fourth-order valence-electron chi connectivity index (χ4n) is 5.43. The number of hydrogen-bond donors (Lipinski definition) is 0. The van der Waals surface area contributed by atoms with E-state index in [0.29, 0.717) is 61.8 Å². The quantitative estimate of drug-likeness (QED) is 0.439. The molecular formula is C30H31FN2O3. The maximum Gasteiger partial charge on any atom is 0.196 e. The van der Waals surface area contributed by atoms with Gasteiger partial charge in [-0.1, -0.05) is 49.4 Å². The highest BCUT2D eigenvalue weighted by atomic mass is 19.1. The van der Waals surface area contributed by atoms with Crippen LogP contribution in [0.5, 0.6) is 5.75 Å². The smallest absolute Gasteiger partial charge is 0.196 e. The van der Waals surface area contributed by atoms with Crippen molar-refractivity contribution in [2.45, 2.75) is 32.4 Å². The second-order valence-electron chi connectivity index (χ2n) is 9.62. The summed E-state index contributed by atoms with van der Waals surface area (Å²) in [5.74, 6) is 0.0686. The minimum Gasteiger partial charge on any atom is -0.494 e. The van der Waals surface area contributed by atoms with E-state index >= 15 is 0 Å². The Balaban J connectivity index is 1.47. The Morgan fingerprint density at radius 1 is 0.889 bits per heavy atom. The van der Waals surface area contributed by atoms with E-state index in [1.807, 2.05) is 43.0 Å². The Morgan fingerprint density at radius 3 is 2.25 bits per heavy atom. The summed E-state index contributed by atoms with van der Waals surface area (Å²) in [6.07, 6.45) is 0.866. The number of carbonyl (C=O) groups is 2. The number of nitrogens with zero attached hydrogens (tertiary/aromatic N) is 2. The number of halogens is 1. The van der Waals surface area contributed by atoms with Crippen molar-refractivity contribution in [3.05, 3.63) is 100 Å². The van der Waals surface area contributed by atoms with Crippen molar-refractivity contribution in [1.82, 2.24) is 9.80 Å². The van der Waals surface area contributed by atoms with Crippen molar-refractivity contribution in [3.63, 3.8) is 0 Å². The summed E-state index contributed by atoms with van der Waals surface area (Å²) in [7, 11) is 0. The van der Waals surface area contributed by atoms with Crippen LogP contribution < -0.4 is 4.74 Å². The van der Waals surface area contributed by atoms with Crippen molar-refractivity contribution in [2.75, 3.05) is 32.8 Å². The van der Waals surface area contributed by atoms with Gasteiger partial charge in [-0.15, -0.1) is 0 Å². The van der Waals surface area contributed by atoms with Crippen molar-refractivity contribution < 1.29 is 18.7 Å². The molecule has 1 fully saturated rings. The number of ether oxygens (including phenoxy) is 1. The van der Waals surface area contributed by atoms with Crippen molar-refractivity contribution in [1.29, 1.82) is 0 Å². The van der Waals surface area contributed by atoms with E-state index in [1.54, 1.807) is 36.4 Å². The maximum absolute atomic E-state index is 14.1. The molecule has 0 atom stereocenters. The van der Waals surface area contributed by atoms with Crippen LogP contribution in [0, 0.1) is 12.7 Å². The van der Waals surface area contributed by atoms with Gasteiger partial charge >= 0.3 is 0 Å². The standard InChI is InChI=1S/C30H31FN2O3/c1-3-17-36-25-8-6-7-23(19-25)30(28(34)26-9-4-5-10-27(26)29(30)35)33-15-13-32(14-16-33)20-22-18-24(31)12-11-21(22)2/h4-12,18-19H,3,13-17,20H2,1-2H3. The number of hydrogen-bond acceptors (Lipinski definition) is 5. The number of fused-ring (bicyclic) bond motifs is 1. The van der Waals surface area contributed by atoms with Crippen molar-refractivity contribution >= 4 is 11.6 Å². The normalized spacial score (nSPS) is 17.9. The molecule has 0 N–H and O–H groups in total. The lowest BCUT2D eigenvalue weighted by Crippen LogP contribution is -2.60. The summed E-state index contributed by atoms with van der Waals surface area (Å²) in [4.78, 5) is 32.4. The second-order valence-corrected chi connectivity index (χ2v) is 9.62. The summed E-state index contributed by atoms with van der Waals surface area (Å²) in [5.41, 5.74) is 2.20. The Bertz CT molecular complexity index is 1260. The van der Waals surface area contributed by atoms with E-state index < -0.39 is 5.54 Å². The zero-order chi connectivity index (χ0) is 25.3. The first-order chi connectivity index (χ1) is 17.4. The molecule has 0 spiro atoms. The monoisotopic (exact) mass is 486 g/mol. The molecular weight excluding hydrogens is 455 g/mol. The fraction of sp³-hybridized carbons (Fsp3) is 0.333. The van der Waals surface area contributed by atoms with Gasteiger partial charge in [0.05, 0.1) is 6.61 Å². The van der Waals surface area contributed by atoms with Crippen LogP contribution >= 0.6 is 0 Å². The van der Waals surface area contributed by atoms with Gasteiger partial charge in [-0.25, -0.2) is 4.39 Å². The second kappa shape index (κ2) is 9.96. The van der Waals surface area contributed by atoms with E-state index in [4.69, 9.17) is 4.74 Å². The predicted octanol–water partition coefficient (Wildman–Crippen LogP) is 5.02. The third-order valence-corrected chi connectivity index (χ3v) is 7.35. The molecule has 1 heterocycles. The van der Waals surface area contributed by atoms with Gasteiger partial charge in [0.25, 0.3) is 0 Å². The van der Waals surface area contributed by atoms with Gasteiger partial charge in [0, 0.05) is 43.9 Å². The summed E-state index contributed by atoms with van der Waals surface area (Å²) in [6.45, 7) is 7.64. The summed E-state index contributed by atoms with van der Waals surface area (Å²) in [6, 6.07) is 19.4. The number of benzene rings is 3. The minimum absolute atomic E-state index is 0.176. The number of carbonyl (C=O) groups excluding carboxylic acids is 2. The molecule has 0 amide bonds. The van der Waals surface area contributed by atoms with Crippen molar-refractivity contribution in [2.24, 2.45) is 0 Å². The van der Waals surface area contributed by atoms with Crippen molar-refractivity contribution in [3.8, 4) is 5.75 Å². The molecule has 0 saturated carbocycles. The van der Waals surface area contributed by atoms with Gasteiger partial charge in [0.2, 0.25) is 0 Å². The Kier molecular flexibility index (Phi) is 6.73. The molecule has 0 radical (unpaired) electrons. The molecule has 5 nitrogen and oxygen atoms in total. The molecule has 5 rings (SSSR count). The highest BCUT2D eigenvalue weighted by Gasteiger charge is 2.58. The Labute approximate surface area is 211 Å². The molecule has 0 unspecified atom stereocenters. The average Bonchev–Trinajstić information content (AvgIpc) is 3.13. The molecule has 186 valence electrons. The van der Waals surface area contributed by atoms with Gasteiger partial charge in [-0.2, -0.15) is 0 Å². The maximum atomic E-state index is 14.1. The Morgan fingerprint density at radius 2 is 1.58 bits per heavy atom. The molecule has 1 aliphatic carbocycles. The lowest BCUT2D eigenvalue weighted by atomic mass is 9.82. The van der Waals surface area contributed by atoms with Crippen LogP contribution in [0.1, 0.15) is 50.8 Å². The van der Waals surface area contributed by atoms with Crippen LogP contribution in [0.25, 0.3) is 0 Å². The van der Waals surface area contributed by atoms with E-state index in [1.165, 1.54) is 6.07 Å². The molecule has 3 aromatic rings. The summed E-state index contributed by atoms with van der Waals surface area (Å²) >= 11 is 0. The van der Waals surface area contributed by atoms with Gasteiger partial charge in [-0.3, -0.25) is 19.4 Å². The predicted molar refractivity (Wildman–Crippen MR) is 137 cm³/mol. The molecule has 6 heteroatoms. The zero-order valence-electron chi connectivity index (χ0n) is 20.8. The summed E-state index contributed by atoms with van der Waals surface area (Å²) in [5, 5.41) is 0. The molecule has 3 aromatic carbocycles. The molecule has 36 heavy (non-hydrogen) atoms. The number of aryl methyl sites for hydroxylation is 1. The topological polar surface area (TPSA) is 49.9 Å². The number of rotatable bonds is 7. The van der Waals surface area contributed by atoms with E-state index in [0.717, 1.165) is 17.5 Å². The third kappa shape index (κ3) is 4.14. The number of piperazine rings is 1. The van der Waals surface area contributed by atoms with Crippen LogP contribution in [0.2, 0.25) is 0 Å². The van der Waals surface area contributed by atoms with Gasteiger partial charge < -0.3 is 4.74 Å². The van der Waals surface area contributed by atoms with Crippen LogP contribution in [-0.2, 0) is 12.1 Å². The van der Waals surface area contributed by atoms with Gasteiger partial charge in [0.15, 0.2) is 17.1 Å². The first-order valence-electron chi connectivity index (χ1n) is 12.6. The van der Waals surface area contributed by atoms with E-state index in [9.17, 15) is 14.0 Å². The average molecular weight is 487 g/mol. The van der Waals surface area contributed by atoms with Gasteiger partial charge in [-0.05, 0) is 54.3 Å². The van der Waals surface area contributed by atoms with Crippen LogP contribution in [0.4, 0.5) is 4.39 Å². The SMILES string of the molecule is CCCOc1cccc(C2(N3CCN(Cc4cc(F)ccc4C)CC3)C(=O)c3ccccc3C2=O)c1. The molecule has 0 bridgehead atoms. The van der Waals surface area contributed by atoms with E-state index in [2.05, 4.69) is 4.90 Å². The minimum atomic E-state index is -1.41. The molecule has 2 aliphatic rings. The largest absolute Gasteiger partial charge is 0.494 e. The summed E-state index contributed by atoms with van der Waals surface area (Å²) < 4.78 is 19.7. The lowest BCUT2D eigenvalue weighted by molar-refractivity contribution is 0.0278. The molecule has 1 aliphatic heterocycles. The highest BCUT2D eigenvalue weighted by Crippen LogP contribution is 2.43. The van der Waals surface area contributed by atoms with Crippen LogP contribution in [0.15, 0.2) is 66.7 Å². The molecule has 1 saturated heterocycles. The van der Waals surface area contributed by atoms with E-state index in [-0.39, 0.29) is 17.4 Å². The highest BCUT2D eigenvalue weighted by molar-refractivity contribution is 6.32.